The third-order valence-corrected chi connectivity index (χ3v) is 1.80. The summed E-state index contributed by atoms with van der Waals surface area (Å²) < 4.78 is 0. The van der Waals surface area contributed by atoms with E-state index in [0.29, 0.717) is 12.8 Å². The molecule has 0 radical (unpaired) electrons. The van der Waals surface area contributed by atoms with Crippen molar-refractivity contribution in [3.8, 4) is 0 Å². The molecule has 1 rings (SSSR count). The zero-order chi connectivity index (χ0) is 8.97. The first kappa shape index (κ1) is 8.77. The standard InChI is InChI=1S/C8H13N3O/c1-2-7-6(5-10-11-7)3-4-8(9)12/h5H,2-4H2,1H3,(H2,9,12)(H,10,11). The highest BCUT2D eigenvalue weighted by Gasteiger charge is 2.03. The molecular weight excluding hydrogens is 154 g/mol. The van der Waals surface area contributed by atoms with Crippen LogP contribution in [0.4, 0.5) is 0 Å². The Morgan fingerprint density at radius 3 is 3.08 bits per heavy atom. The van der Waals surface area contributed by atoms with Gasteiger partial charge in [0.1, 0.15) is 0 Å². The molecule has 0 fully saturated rings. The van der Waals surface area contributed by atoms with Gasteiger partial charge in [-0.1, -0.05) is 6.92 Å². The van der Waals surface area contributed by atoms with Crippen LogP contribution in [0, 0.1) is 0 Å². The van der Waals surface area contributed by atoms with E-state index >= 15 is 0 Å². The summed E-state index contributed by atoms with van der Waals surface area (Å²) in [6.07, 6.45) is 3.75. The number of aryl methyl sites for hydroxylation is 2. The van der Waals surface area contributed by atoms with Crippen molar-refractivity contribution < 1.29 is 4.79 Å². The van der Waals surface area contributed by atoms with Crippen molar-refractivity contribution in [2.45, 2.75) is 26.2 Å². The van der Waals surface area contributed by atoms with Crippen molar-refractivity contribution in [1.29, 1.82) is 0 Å². The van der Waals surface area contributed by atoms with E-state index in [1.54, 1.807) is 6.20 Å². The summed E-state index contributed by atoms with van der Waals surface area (Å²) in [6, 6.07) is 0. The maximum absolute atomic E-state index is 10.5. The third-order valence-electron chi connectivity index (χ3n) is 1.80. The number of aromatic amines is 1. The van der Waals surface area contributed by atoms with Crippen LogP contribution in [0.2, 0.25) is 0 Å². The third kappa shape index (κ3) is 2.08. The smallest absolute Gasteiger partial charge is 0.217 e. The SMILES string of the molecule is CCc1[nH]ncc1CCC(N)=O. The Bertz CT molecular complexity index is 267. The van der Waals surface area contributed by atoms with Gasteiger partial charge in [-0.2, -0.15) is 5.10 Å². The fraction of sp³-hybridized carbons (Fsp3) is 0.500. The minimum absolute atomic E-state index is 0.266. The highest BCUT2D eigenvalue weighted by atomic mass is 16.1. The number of nitrogens with one attached hydrogen (secondary N) is 1. The van der Waals surface area contributed by atoms with Crippen LogP contribution in [0.25, 0.3) is 0 Å². The first-order valence-corrected chi connectivity index (χ1v) is 4.03. The lowest BCUT2D eigenvalue weighted by molar-refractivity contribution is -0.117. The van der Waals surface area contributed by atoms with Crippen LogP contribution in [-0.4, -0.2) is 16.1 Å². The molecule has 0 aliphatic rings. The monoisotopic (exact) mass is 167 g/mol. The predicted molar refractivity (Wildman–Crippen MR) is 45.5 cm³/mol. The summed E-state index contributed by atoms with van der Waals surface area (Å²) >= 11 is 0. The number of carbonyl (C=O) groups is 1. The van der Waals surface area contributed by atoms with Crippen LogP contribution in [0.15, 0.2) is 6.20 Å². The number of amides is 1. The molecule has 1 heterocycles. The van der Waals surface area contributed by atoms with Crippen LogP contribution in [0.1, 0.15) is 24.6 Å². The molecule has 0 saturated carbocycles. The molecule has 0 bridgehead atoms. The number of primary amides is 1. The van der Waals surface area contributed by atoms with Crippen LogP contribution in [0.3, 0.4) is 0 Å². The van der Waals surface area contributed by atoms with E-state index in [1.165, 1.54) is 0 Å². The zero-order valence-corrected chi connectivity index (χ0v) is 7.13. The molecule has 0 aromatic carbocycles. The lowest BCUT2D eigenvalue weighted by Gasteiger charge is -1.96. The number of rotatable bonds is 4. The van der Waals surface area contributed by atoms with Crippen LogP contribution in [0.5, 0.6) is 0 Å². The Hall–Kier alpha value is -1.32. The van der Waals surface area contributed by atoms with Gasteiger partial charge in [0.25, 0.3) is 0 Å². The summed E-state index contributed by atoms with van der Waals surface area (Å²) in [6.45, 7) is 2.04. The number of nitrogens with two attached hydrogens (primary N) is 1. The molecule has 0 saturated heterocycles. The maximum atomic E-state index is 10.5. The van der Waals surface area contributed by atoms with E-state index in [-0.39, 0.29) is 5.91 Å². The number of aromatic nitrogens is 2. The van der Waals surface area contributed by atoms with Gasteiger partial charge in [-0.05, 0) is 18.4 Å². The van der Waals surface area contributed by atoms with Gasteiger partial charge in [0.05, 0.1) is 6.20 Å². The molecule has 0 aliphatic heterocycles. The molecule has 4 nitrogen and oxygen atoms in total. The van der Waals surface area contributed by atoms with Crippen molar-refractivity contribution >= 4 is 5.91 Å². The Morgan fingerprint density at radius 2 is 2.50 bits per heavy atom. The minimum Gasteiger partial charge on any atom is -0.370 e. The normalized spacial score (nSPS) is 10.1. The number of hydrogen-bond donors (Lipinski definition) is 2. The molecule has 12 heavy (non-hydrogen) atoms. The zero-order valence-electron chi connectivity index (χ0n) is 7.13. The Morgan fingerprint density at radius 1 is 1.75 bits per heavy atom. The average molecular weight is 167 g/mol. The highest BCUT2D eigenvalue weighted by molar-refractivity contribution is 5.74. The molecule has 1 aromatic heterocycles. The van der Waals surface area contributed by atoms with Crippen molar-refractivity contribution in [2.24, 2.45) is 5.73 Å². The van der Waals surface area contributed by atoms with Crippen LogP contribution < -0.4 is 5.73 Å². The minimum atomic E-state index is -0.266. The number of hydrogen-bond acceptors (Lipinski definition) is 2. The molecule has 0 aliphatic carbocycles. The second-order valence-electron chi connectivity index (χ2n) is 2.69. The van der Waals surface area contributed by atoms with Crippen LogP contribution in [-0.2, 0) is 17.6 Å². The molecule has 0 unspecified atom stereocenters. The number of nitrogens with zero attached hydrogens (tertiary/aromatic N) is 1. The molecule has 0 spiro atoms. The average Bonchev–Trinajstić information content (AvgIpc) is 2.47. The van der Waals surface area contributed by atoms with Gasteiger partial charge in [-0.25, -0.2) is 0 Å². The van der Waals surface area contributed by atoms with Gasteiger partial charge < -0.3 is 5.73 Å². The Labute approximate surface area is 71.2 Å². The maximum Gasteiger partial charge on any atom is 0.217 e. The quantitative estimate of drug-likeness (QED) is 0.680. The van der Waals surface area contributed by atoms with E-state index in [2.05, 4.69) is 10.2 Å². The van der Waals surface area contributed by atoms with Gasteiger partial charge in [-0.15, -0.1) is 0 Å². The second kappa shape index (κ2) is 3.90. The van der Waals surface area contributed by atoms with Gasteiger partial charge in [0.15, 0.2) is 0 Å². The fourth-order valence-electron chi connectivity index (χ4n) is 1.12. The van der Waals surface area contributed by atoms with Crippen LogP contribution >= 0.6 is 0 Å². The van der Waals surface area contributed by atoms with Crippen molar-refractivity contribution in [1.82, 2.24) is 10.2 Å². The fourth-order valence-corrected chi connectivity index (χ4v) is 1.12. The molecule has 1 aromatic rings. The molecule has 3 N–H and O–H groups in total. The summed E-state index contributed by atoms with van der Waals surface area (Å²) in [5, 5.41) is 6.77. The summed E-state index contributed by atoms with van der Waals surface area (Å²) in [5.41, 5.74) is 7.22. The molecule has 1 amide bonds. The first-order valence-electron chi connectivity index (χ1n) is 4.03. The van der Waals surface area contributed by atoms with Crippen molar-refractivity contribution in [3.05, 3.63) is 17.5 Å². The largest absolute Gasteiger partial charge is 0.370 e. The predicted octanol–water partition coefficient (Wildman–Crippen LogP) is 0.390. The van der Waals surface area contributed by atoms with Gasteiger partial charge in [0, 0.05) is 12.1 Å². The molecule has 0 atom stereocenters. The second-order valence-corrected chi connectivity index (χ2v) is 2.69. The summed E-state index contributed by atoms with van der Waals surface area (Å²) in [5.74, 6) is -0.266. The van der Waals surface area contributed by atoms with Gasteiger partial charge in [-0.3, -0.25) is 9.89 Å². The van der Waals surface area contributed by atoms with E-state index in [0.717, 1.165) is 17.7 Å². The number of carbonyl (C=O) groups excluding carboxylic acids is 1. The van der Waals surface area contributed by atoms with E-state index in [9.17, 15) is 4.79 Å². The summed E-state index contributed by atoms with van der Waals surface area (Å²) in [7, 11) is 0. The summed E-state index contributed by atoms with van der Waals surface area (Å²) in [4.78, 5) is 10.5. The molecule has 4 heteroatoms. The van der Waals surface area contributed by atoms with E-state index < -0.39 is 0 Å². The topological polar surface area (TPSA) is 71.8 Å². The Kier molecular flexibility index (Phi) is 2.85. The molecule has 66 valence electrons. The Balaban J connectivity index is 2.56. The van der Waals surface area contributed by atoms with Crippen molar-refractivity contribution in [3.63, 3.8) is 0 Å². The lowest BCUT2D eigenvalue weighted by atomic mass is 10.1. The van der Waals surface area contributed by atoms with Crippen molar-refractivity contribution in [2.75, 3.05) is 0 Å². The lowest BCUT2D eigenvalue weighted by Crippen LogP contribution is -2.11. The van der Waals surface area contributed by atoms with E-state index in [4.69, 9.17) is 5.73 Å². The molecular formula is C8H13N3O. The van der Waals surface area contributed by atoms with E-state index in [1.807, 2.05) is 6.92 Å². The van der Waals surface area contributed by atoms with Gasteiger partial charge in [0.2, 0.25) is 5.91 Å². The number of H-pyrrole nitrogens is 1. The first-order chi connectivity index (χ1) is 5.74. The van der Waals surface area contributed by atoms with Gasteiger partial charge >= 0.3 is 0 Å². The highest BCUT2D eigenvalue weighted by Crippen LogP contribution is 2.07.